The van der Waals surface area contributed by atoms with E-state index in [-0.39, 0.29) is 13.2 Å². The zero-order valence-electron chi connectivity index (χ0n) is 25.4. The molecule has 34 heteroatoms. The van der Waals surface area contributed by atoms with Crippen LogP contribution >= 0.6 is 0 Å². The Morgan fingerprint density at radius 1 is 0.538 bits per heavy atom. The molecule has 2 atom stereocenters. The highest BCUT2D eigenvalue weighted by Gasteiger charge is 2.48. The van der Waals surface area contributed by atoms with Gasteiger partial charge in [0.2, 0.25) is 12.7 Å². The second-order valence-corrected chi connectivity index (χ2v) is 15.9. The van der Waals surface area contributed by atoms with Gasteiger partial charge in [0.15, 0.2) is 40.1 Å². The number of sulfonamides is 4. The topological polar surface area (TPSA) is 263 Å². The Kier molecular flexibility index (Phi) is 18.7. The third kappa shape index (κ3) is 17.8. The molecule has 2 aromatic rings. The monoisotopic (exact) mass is 874 g/mol. The lowest BCUT2D eigenvalue weighted by Gasteiger charge is -2.22. The molecular weight excluding hydrogens is 848 g/mol. The lowest BCUT2D eigenvalue weighted by atomic mass is 10.4. The maximum atomic E-state index is 11.4. The summed E-state index contributed by atoms with van der Waals surface area (Å²) >= 11 is 0. The summed E-state index contributed by atoms with van der Waals surface area (Å²) in [6.45, 7) is 0.498. The minimum atomic E-state index is -6.72. The highest BCUT2D eigenvalue weighted by Crippen LogP contribution is 2.37. The van der Waals surface area contributed by atoms with Crippen LogP contribution in [0.2, 0.25) is 0 Å². The van der Waals surface area contributed by atoms with Gasteiger partial charge in [-0.05, 0) is 0 Å². The number of halogens is 12. The SMILES string of the molecule is C[n+]1ccn(CC(O)CO)c1.C[n+]1ccn(CC(O)CO)c1.O=S(=O)([N-]S(=O)(=O)C(F)(F)F)C(F)(F)F.O=S(=O)([N-]S(=O)(=O)C(F)(F)F)C(F)(F)F. The van der Waals surface area contributed by atoms with Crippen LogP contribution in [-0.4, -0.2) is 111 Å². The summed E-state index contributed by atoms with van der Waals surface area (Å²) in [6, 6.07) is 0. The van der Waals surface area contributed by atoms with E-state index in [0.717, 1.165) is 8.25 Å². The first-order valence-electron chi connectivity index (χ1n) is 12.2. The van der Waals surface area contributed by atoms with Crippen molar-refractivity contribution in [2.45, 2.75) is 47.3 Å². The van der Waals surface area contributed by atoms with E-state index in [2.05, 4.69) is 0 Å². The molecule has 0 aliphatic carbocycles. The van der Waals surface area contributed by atoms with Gasteiger partial charge < -0.3 is 28.7 Å². The molecule has 0 aliphatic rings. The van der Waals surface area contributed by atoms with Crippen LogP contribution in [0.25, 0.3) is 8.25 Å². The summed E-state index contributed by atoms with van der Waals surface area (Å²) in [7, 11) is -23.1. The van der Waals surface area contributed by atoms with E-state index in [1.807, 2.05) is 69.8 Å². The lowest BCUT2D eigenvalue weighted by Crippen LogP contribution is -2.30. The van der Waals surface area contributed by atoms with Crippen molar-refractivity contribution >= 4 is 40.1 Å². The van der Waals surface area contributed by atoms with E-state index in [9.17, 15) is 86.4 Å². The van der Waals surface area contributed by atoms with E-state index < -0.39 is 74.3 Å². The molecule has 0 spiro atoms. The average molecular weight is 875 g/mol. The summed E-state index contributed by atoms with van der Waals surface area (Å²) in [4.78, 5) is 0. The Labute approximate surface area is 285 Å². The molecule has 0 radical (unpaired) electrons. The van der Waals surface area contributed by atoms with E-state index >= 15 is 0 Å². The second-order valence-electron chi connectivity index (χ2n) is 9.06. The average Bonchev–Trinajstić information content (AvgIpc) is 3.52. The molecule has 0 saturated carbocycles. The molecule has 4 N–H and O–H groups in total. The fourth-order valence-electron chi connectivity index (χ4n) is 2.25. The van der Waals surface area contributed by atoms with Crippen molar-refractivity contribution in [3.63, 3.8) is 0 Å². The van der Waals surface area contributed by atoms with Crippen molar-refractivity contribution in [3.8, 4) is 0 Å². The van der Waals surface area contributed by atoms with Gasteiger partial charge in [-0.25, -0.2) is 51.9 Å². The first-order valence-corrected chi connectivity index (χ1v) is 17.9. The van der Waals surface area contributed by atoms with Crippen LogP contribution in [0.1, 0.15) is 0 Å². The molecule has 2 rings (SSSR count). The Morgan fingerprint density at radius 3 is 0.885 bits per heavy atom. The van der Waals surface area contributed by atoms with Crippen LogP contribution in [0.5, 0.6) is 0 Å². The van der Waals surface area contributed by atoms with E-state index in [1.165, 1.54) is 0 Å². The molecule has 2 unspecified atom stereocenters. The molecule has 2 heterocycles. The lowest BCUT2D eigenvalue weighted by molar-refractivity contribution is -0.671. The largest absolute Gasteiger partial charge is 0.480 e. The zero-order valence-corrected chi connectivity index (χ0v) is 28.6. The number of aromatic nitrogens is 4. The molecule has 0 saturated heterocycles. The van der Waals surface area contributed by atoms with E-state index in [0.29, 0.717) is 13.1 Å². The van der Waals surface area contributed by atoms with Crippen molar-refractivity contribution in [1.29, 1.82) is 0 Å². The Hall–Kier alpha value is -2.86. The summed E-state index contributed by atoms with van der Waals surface area (Å²) < 4.78 is 226. The van der Waals surface area contributed by atoms with Crippen LogP contribution < -0.4 is 9.13 Å². The quantitative estimate of drug-likeness (QED) is 0.173. The van der Waals surface area contributed by atoms with Gasteiger partial charge >= 0.3 is 22.0 Å². The number of nitrogens with zero attached hydrogens (tertiary/aromatic N) is 6. The first-order chi connectivity index (χ1) is 22.9. The molecule has 0 bridgehead atoms. The van der Waals surface area contributed by atoms with Crippen molar-refractivity contribution in [3.05, 3.63) is 45.7 Å². The Bertz CT molecular complexity index is 1620. The number of rotatable bonds is 10. The van der Waals surface area contributed by atoms with Crippen molar-refractivity contribution in [2.75, 3.05) is 13.2 Å². The van der Waals surface area contributed by atoms with Gasteiger partial charge in [0.05, 0.1) is 27.3 Å². The summed E-state index contributed by atoms with van der Waals surface area (Å²) in [5.41, 5.74) is -24.8. The molecule has 0 amide bonds. The maximum Gasteiger partial charge on any atom is 0.480 e. The van der Waals surface area contributed by atoms with Gasteiger partial charge in [0.1, 0.15) is 50.1 Å². The fraction of sp³-hybridized carbons (Fsp3) is 0.667. The van der Waals surface area contributed by atoms with Gasteiger partial charge in [-0.3, -0.25) is 0 Å². The van der Waals surface area contributed by atoms with Crippen LogP contribution in [0.4, 0.5) is 52.7 Å². The fourth-order valence-corrected chi connectivity index (χ4v) is 5.67. The molecule has 0 aliphatic heterocycles. The number of hydrogen-bond donors (Lipinski definition) is 4. The highest BCUT2D eigenvalue weighted by atomic mass is 32.3. The number of hydrogen-bond acceptors (Lipinski definition) is 12. The molecule has 52 heavy (non-hydrogen) atoms. The number of aliphatic hydroxyl groups is 4. The summed E-state index contributed by atoms with van der Waals surface area (Å²) in [5.74, 6) is 0. The molecule has 2 aromatic heterocycles. The van der Waals surface area contributed by atoms with Gasteiger partial charge in [-0.1, -0.05) is 0 Å². The standard InChI is InChI=1S/2C7H13N2O2.2C2F6NO4S2/c2*1-8-2-3-9(6-8)4-7(11)5-10;2*3-1(4,5)14(10,11)9-15(12,13)2(6,7)8/h2*2-3,6-7,10-11H,4-5H2,1H3;;/q2*+1;2*-1. The molecule has 308 valence electrons. The minimum Gasteiger partial charge on any atom is -0.421 e. The number of aliphatic hydroxyl groups excluding tert-OH is 4. The van der Waals surface area contributed by atoms with E-state index in [1.54, 1.807) is 0 Å². The molecular formula is C18H26F12N6O12S4. The van der Waals surface area contributed by atoms with Crippen molar-refractivity contribution < 1.29 is 116 Å². The smallest absolute Gasteiger partial charge is 0.421 e. The first kappa shape index (κ1) is 51.2. The number of alkyl halides is 12. The summed E-state index contributed by atoms with van der Waals surface area (Å²) in [5, 5.41) is 35.1. The van der Waals surface area contributed by atoms with Crippen LogP contribution in [-0.2, 0) is 67.3 Å². The molecule has 0 fully saturated rings. The number of imidazole rings is 2. The third-order valence-electron chi connectivity index (χ3n) is 4.47. The van der Waals surface area contributed by atoms with Gasteiger partial charge in [0, 0.05) is 0 Å². The van der Waals surface area contributed by atoms with Crippen LogP contribution in [0, 0.1) is 0 Å². The summed E-state index contributed by atoms with van der Waals surface area (Å²) in [6.07, 6.45) is 9.81. The third-order valence-corrected chi connectivity index (χ3v) is 9.95. The Balaban J connectivity index is 0. The van der Waals surface area contributed by atoms with Gasteiger partial charge in [-0.15, -0.1) is 0 Å². The van der Waals surface area contributed by atoms with Crippen molar-refractivity contribution in [1.82, 2.24) is 9.13 Å². The predicted octanol–water partition coefficient (Wildman–Crippen LogP) is -0.550. The van der Waals surface area contributed by atoms with Crippen LogP contribution in [0.15, 0.2) is 37.4 Å². The molecule has 18 nitrogen and oxygen atoms in total. The number of aryl methyl sites for hydroxylation is 2. The normalized spacial score (nSPS) is 14.5. The van der Waals surface area contributed by atoms with E-state index in [4.69, 9.17) is 20.4 Å². The highest BCUT2D eigenvalue weighted by molar-refractivity contribution is 8.13. The molecule has 0 aromatic carbocycles. The van der Waals surface area contributed by atoms with Gasteiger partial charge in [0.25, 0.3) is 0 Å². The Morgan fingerprint density at radius 2 is 0.750 bits per heavy atom. The maximum absolute atomic E-state index is 11.4. The van der Waals surface area contributed by atoms with Gasteiger partial charge in [-0.2, -0.15) is 52.7 Å². The minimum absolute atomic E-state index is 0.193. The van der Waals surface area contributed by atoms with Crippen LogP contribution in [0.3, 0.4) is 0 Å². The van der Waals surface area contributed by atoms with Crippen molar-refractivity contribution in [2.24, 2.45) is 14.1 Å². The second kappa shape index (κ2) is 18.9. The zero-order chi connectivity index (χ0) is 41.9. The predicted molar refractivity (Wildman–Crippen MR) is 144 cm³/mol.